The van der Waals surface area contributed by atoms with Crippen molar-refractivity contribution in [3.05, 3.63) is 93.5 Å². The molecule has 0 heterocycles. The molecular weight excluding hydrogens is 440 g/mol. The second kappa shape index (κ2) is 12.7. The Hall–Kier alpha value is -2.12. The third kappa shape index (κ3) is 6.68. The molecule has 3 aromatic carbocycles. The lowest BCUT2D eigenvalue weighted by molar-refractivity contribution is 0.610. The molecule has 2 atom stereocenters. The van der Waals surface area contributed by atoms with Crippen molar-refractivity contribution in [1.29, 1.82) is 0 Å². The van der Waals surface area contributed by atoms with Crippen LogP contribution in [0.2, 0.25) is 0 Å². The van der Waals surface area contributed by atoms with Crippen LogP contribution in [-0.4, -0.2) is 0 Å². The minimum atomic E-state index is 0.587. The predicted octanol–water partition coefficient (Wildman–Crippen LogP) is 10.2. The fourth-order valence-corrected chi connectivity index (χ4v) is 4.19. The molecule has 3 aromatic rings. The molecule has 0 N–H and O–H groups in total. The van der Waals surface area contributed by atoms with Crippen molar-refractivity contribution in [2.24, 2.45) is 5.92 Å². The van der Waals surface area contributed by atoms with E-state index in [-0.39, 0.29) is 0 Å². The predicted molar refractivity (Wildman–Crippen MR) is 145 cm³/mol. The van der Waals surface area contributed by atoms with Gasteiger partial charge in [0.25, 0.3) is 0 Å². The van der Waals surface area contributed by atoms with Gasteiger partial charge in [0, 0.05) is 10.4 Å². The zero-order valence-corrected chi connectivity index (χ0v) is 21.5. The minimum Gasteiger partial charge on any atom is -0.0811 e. The van der Waals surface area contributed by atoms with E-state index in [1.54, 1.807) is 5.56 Å². The third-order valence-corrected chi connectivity index (χ3v) is 5.80. The van der Waals surface area contributed by atoms with Crippen molar-refractivity contribution in [1.82, 2.24) is 0 Å². The molecule has 2 unspecified atom stereocenters. The van der Waals surface area contributed by atoms with E-state index in [0.717, 1.165) is 4.47 Å². The molecule has 0 amide bonds. The van der Waals surface area contributed by atoms with Gasteiger partial charge in [-0.2, -0.15) is 0 Å². The van der Waals surface area contributed by atoms with E-state index in [1.165, 1.54) is 40.3 Å². The van der Waals surface area contributed by atoms with Gasteiger partial charge in [0.1, 0.15) is 0 Å². The molecule has 0 aliphatic heterocycles. The van der Waals surface area contributed by atoms with Crippen molar-refractivity contribution in [2.45, 2.75) is 60.3 Å². The zero-order valence-electron chi connectivity index (χ0n) is 20.0. The van der Waals surface area contributed by atoms with E-state index in [4.69, 9.17) is 0 Å². The van der Waals surface area contributed by atoms with Crippen LogP contribution in [0.15, 0.2) is 71.2 Å². The first-order valence-electron chi connectivity index (χ1n) is 11.7. The van der Waals surface area contributed by atoms with Gasteiger partial charge in [-0.1, -0.05) is 129 Å². The van der Waals surface area contributed by atoms with Crippen molar-refractivity contribution in [3.63, 3.8) is 0 Å². The number of hydrogen-bond donors (Lipinski definition) is 0. The van der Waals surface area contributed by atoms with Crippen LogP contribution in [0.4, 0.5) is 0 Å². The van der Waals surface area contributed by atoms with Gasteiger partial charge in [0.05, 0.1) is 0 Å². The van der Waals surface area contributed by atoms with Gasteiger partial charge >= 0.3 is 0 Å². The van der Waals surface area contributed by atoms with Gasteiger partial charge in [0.2, 0.25) is 0 Å². The lowest BCUT2D eigenvalue weighted by Gasteiger charge is -2.23. The Kier molecular flexibility index (Phi) is 10.3. The second-order valence-corrected chi connectivity index (χ2v) is 8.97. The van der Waals surface area contributed by atoms with Crippen LogP contribution in [0.5, 0.6) is 0 Å². The molecule has 0 nitrogen and oxygen atoms in total. The third-order valence-electron chi connectivity index (χ3n) is 5.27. The van der Waals surface area contributed by atoms with Crippen LogP contribution < -0.4 is 0 Å². The summed E-state index contributed by atoms with van der Waals surface area (Å²) in [6.07, 6.45) is 11.8. The summed E-state index contributed by atoms with van der Waals surface area (Å²) in [6.45, 7) is 12.6. The Morgan fingerprint density at radius 1 is 0.839 bits per heavy atom. The van der Waals surface area contributed by atoms with E-state index >= 15 is 0 Å². The van der Waals surface area contributed by atoms with Crippen LogP contribution in [0.25, 0.3) is 22.9 Å². The Morgan fingerprint density at radius 2 is 1.48 bits per heavy atom. The molecule has 0 bridgehead atoms. The monoisotopic (exact) mass is 476 g/mol. The highest BCUT2D eigenvalue weighted by Gasteiger charge is 2.23. The summed E-state index contributed by atoms with van der Waals surface area (Å²) in [4.78, 5) is 0. The first kappa shape index (κ1) is 25.1. The quantitative estimate of drug-likeness (QED) is 0.302. The maximum atomic E-state index is 3.35. The van der Waals surface area contributed by atoms with Gasteiger partial charge in [-0.3, -0.25) is 0 Å². The fourth-order valence-electron chi connectivity index (χ4n) is 3.93. The maximum absolute atomic E-state index is 3.35. The van der Waals surface area contributed by atoms with Crippen molar-refractivity contribution in [3.8, 4) is 0 Å². The molecule has 1 heteroatoms. The normalized spacial score (nSPS) is 17.3. The topological polar surface area (TPSA) is 0 Å². The van der Waals surface area contributed by atoms with Gasteiger partial charge in [-0.05, 0) is 58.9 Å². The number of rotatable bonds is 0. The maximum Gasteiger partial charge on any atom is 0.0175 e. The number of aryl methyl sites for hydroxylation is 1. The SMILES string of the molecule is CC.CC1C=Cc2ccc3cccc4c3c2C(C=C4)C1.CCC.Cc1ccc(Br)cc1. The number of benzene rings is 3. The molecule has 2 aliphatic carbocycles. The lowest BCUT2D eigenvalue weighted by Crippen LogP contribution is -2.05. The van der Waals surface area contributed by atoms with Crippen molar-refractivity contribution < 1.29 is 0 Å². The second-order valence-electron chi connectivity index (χ2n) is 8.05. The Morgan fingerprint density at radius 3 is 2.13 bits per heavy atom. The molecule has 31 heavy (non-hydrogen) atoms. The Labute approximate surface area is 198 Å². The first-order valence-corrected chi connectivity index (χ1v) is 12.5. The summed E-state index contributed by atoms with van der Waals surface area (Å²) in [6, 6.07) is 19.4. The van der Waals surface area contributed by atoms with Crippen LogP contribution in [0, 0.1) is 12.8 Å². The number of allylic oxidation sites excluding steroid dienone is 2. The van der Waals surface area contributed by atoms with Crippen LogP contribution >= 0.6 is 15.9 Å². The average molecular weight is 478 g/mol. The number of halogens is 1. The molecule has 164 valence electrons. The van der Waals surface area contributed by atoms with Gasteiger partial charge in [0.15, 0.2) is 0 Å². The molecule has 0 fully saturated rings. The largest absolute Gasteiger partial charge is 0.0811 e. The van der Waals surface area contributed by atoms with Crippen LogP contribution in [0.1, 0.15) is 75.6 Å². The molecule has 2 aliphatic rings. The Balaban J connectivity index is 0.000000221. The highest BCUT2D eigenvalue weighted by Crippen LogP contribution is 2.42. The summed E-state index contributed by atoms with van der Waals surface area (Å²) >= 11 is 3.35. The van der Waals surface area contributed by atoms with Crippen molar-refractivity contribution in [2.75, 3.05) is 0 Å². The highest BCUT2D eigenvalue weighted by molar-refractivity contribution is 9.10. The summed E-state index contributed by atoms with van der Waals surface area (Å²) in [5.41, 5.74) is 5.64. The van der Waals surface area contributed by atoms with E-state index < -0.39 is 0 Å². The number of hydrogen-bond acceptors (Lipinski definition) is 0. The summed E-state index contributed by atoms with van der Waals surface area (Å²) < 4.78 is 1.14. The summed E-state index contributed by atoms with van der Waals surface area (Å²) in [5.74, 6) is 1.25. The van der Waals surface area contributed by atoms with E-state index in [9.17, 15) is 0 Å². The van der Waals surface area contributed by atoms with Gasteiger partial charge in [-0.15, -0.1) is 0 Å². The molecular formula is C30H37Br. The zero-order chi connectivity index (χ0) is 22.8. The Bertz CT molecular complexity index is 988. The van der Waals surface area contributed by atoms with E-state index in [2.05, 4.69) is 110 Å². The molecule has 0 saturated carbocycles. The van der Waals surface area contributed by atoms with Gasteiger partial charge in [-0.25, -0.2) is 0 Å². The lowest BCUT2D eigenvalue weighted by atomic mass is 9.81. The highest BCUT2D eigenvalue weighted by atomic mass is 79.9. The standard InChI is InChI=1S/C18H16.C7H7Br.C3H8.C2H6/c1-12-5-6-15-8-7-13-3-2-4-14-9-10-16(11-12)18(15)17(13)14;1-6-2-4-7(8)5-3-6;1-3-2;1-2/h2-10,12,16H,11H2,1H3;2-5H,1H3;3H2,1-2H3;1-2H3. The van der Waals surface area contributed by atoms with Gasteiger partial charge < -0.3 is 0 Å². The molecule has 5 rings (SSSR count). The molecule has 0 saturated heterocycles. The summed E-state index contributed by atoms with van der Waals surface area (Å²) in [5, 5.41) is 2.85. The van der Waals surface area contributed by atoms with E-state index in [0.29, 0.717) is 11.8 Å². The van der Waals surface area contributed by atoms with Crippen LogP contribution in [0.3, 0.4) is 0 Å². The molecule has 0 spiro atoms. The average Bonchev–Trinajstić information content (AvgIpc) is 2.96. The molecule has 0 radical (unpaired) electrons. The smallest absolute Gasteiger partial charge is 0.0175 e. The first-order chi connectivity index (χ1) is 15.0. The van der Waals surface area contributed by atoms with E-state index in [1.807, 2.05) is 26.0 Å². The van der Waals surface area contributed by atoms with Crippen molar-refractivity contribution >= 4 is 38.9 Å². The molecule has 0 aromatic heterocycles. The minimum absolute atomic E-state index is 0.587. The fraction of sp³-hybridized carbons (Fsp3) is 0.333. The van der Waals surface area contributed by atoms with Crippen LogP contribution in [-0.2, 0) is 0 Å². The summed E-state index contributed by atoms with van der Waals surface area (Å²) in [7, 11) is 0.